The van der Waals surface area contributed by atoms with Crippen molar-refractivity contribution in [2.75, 3.05) is 0 Å². The van der Waals surface area contributed by atoms with Crippen molar-refractivity contribution in [3.8, 4) is 11.3 Å². The monoisotopic (exact) mass is 215 g/mol. The molecule has 84 valence electrons. The molecule has 2 aromatic rings. The largest absolute Gasteiger partial charge is 0.356 e. The van der Waals surface area contributed by atoms with E-state index in [0.29, 0.717) is 5.92 Å². The zero-order valence-electron chi connectivity index (χ0n) is 10.2. The molecular weight excluding hydrogens is 198 g/mol. The molecule has 0 aliphatic carbocycles. The van der Waals surface area contributed by atoms with Gasteiger partial charge in [-0.25, -0.2) is 0 Å². The Hall–Kier alpha value is -1.57. The van der Waals surface area contributed by atoms with Gasteiger partial charge in [-0.05, 0) is 37.0 Å². The van der Waals surface area contributed by atoms with Crippen LogP contribution in [-0.4, -0.2) is 5.16 Å². The summed E-state index contributed by atoms with van der Waals surface area (Å²) in [6.07, 6.45) is 0. The van der Waals surface area contributed by atoms with Gasteiger partial charge in [-0.2, -0.15) is 0 Å². The summed E-state index contributed by atoms with van der Waals surface area (Å²) in [6, 6.07) is 8.49. The van der Waals surface area contributed by atoms with Crippen molar-refractivity contribution in [1.82, 2.24) is 5.16 Å². The maximum Gasteiger partial charge on any atom is 0.167 e. The summed E-state index contributed by atoms with van der Waals surface area (Å²) in [5.74, 6) is 1.39. The van der Waals surface area contributed by atoms with E-state index in [2.05, 4.69) is 44.1 Å². The van der Waals surface area contributed by atoms with Crippen LogP contribution in [-0.2, 0) is 0 Å². The lowest BCUT2D eigenvalue weighted by molar-refractivity contribution is 0.427. The van der Waals surface area contributed by atoms with Gasteiger partial charge >= 0.3 is 0 Å². The molecule has 1 aromatic carbocycles. The zero-order valence-corrected chi connectivity index (χ0v) is 10.2. The second kappa shape index (κ2) is 4.12. The molecule has 2 rings (SSSR count). The van der Waals surface area contributed by atoms with Gasteiger partial charge in [0.15, 0.2) is 5.76 Å². The van der Waals surface area contributed by atoms with Gasteiger partial charge in [0.25, 0.3) is 0 Å². The molecule has 0 radical (unpaired) electrons. The van der Waals surface area contributed by atoms with Gasteiger partial charge in [0.05, 0.1) is 5.69 Å². The van der Waals surface area contributed by atoms with Gasteiger partial charge in [0.2, 0.25) is 0 Å². The smallest absolute Gasteiger partial charge is 0.167 e. The van der Waals surface area contributed by atoms with Crippen molar-refractivity contribution in [3.63, 3.8) is 0 Å². The Morgan fingerprint density at radius 1 is 1.12 bits per heavy atom. The van der Waals surface area contributed by atoms with E-state index in [1.54, 1.807) is 0 Å². The molecule has 2 heteroatoms. The quantitative estimate of drug-likeness (QED) is 0.754. The molecule has 0 atom stereocenters. The first kappa shape index (κ1) is 10.9. The van der Waals surface area contributed by atoms with Crippen molar-refractivity contribution < 1.29 is 4.52 Å². The van der Waals surface area contributed by atoms with E-state index in [1.807, 2.05) is 13.0 Å². The lowest BCUT2D eigenvalue weighted by Gasteiger charge is -2.08. The highest BCUT2D eigenvalue weighted by Crippen LogP contribution is 2.27. The Morgan fingerprint density at radius 2 is 1.88 bits per heavy atom. The van der Waals surface area contributed by atoms with Crippen molar-refractivity contribution in [1.29, 1.82) is 0 Å². The number of aromatic nitrogens is 1. The molecule has 16 heavy (non-hydrogen) atoms. The third kappa shape index (κ3) is 2.01. The number of hydrogen-bond acceptors (Lipinski definition) is 2. The predicted molar refractivity (Wildman–Crippen MR) is 65.5 cm³/mol. The zero-order chi connectivity index (χ0) is 11.7. The molecule has 1 heterocycles. The predicted octanol–water partition coefficient (Wildman–Crippen LogP) is 4.08. The molecule has 2 nitrogen and oxygen atoms in total. The molecule has 0 saturated heterocycles. The minimum absolute atomic E-state index is 0.531. The maximum atomic E-state index is 5.32. The van der Waals surface area contributed by atoms with Gasteiger partial charge < -0.3 is 4.52 Å². The van der Waals surface area contributed by atoms with Gasteiger partial charge in [-0.1, -0.05) is 31.1 Å². The molecular formula is C14H17NO. The van der Waals surface area contributed by atoms with Crippen LogP contribution in [0, 0.1) is 13.8 Å². The van der Waals surface area contributed by atoms with E-state index in [-0.39, 0.29) is 0 Å². The van der Waals surface area contributed by atoms with E-state index in [1.165, 1.54) is 11.1 Å². The normalized spacial score (nSPS) is 11.1. The lowest BCUT2D eigenvalue weighted by atomic mass is 9.97. The molecule has 0 amide bonds. The van der Waals surface area contributed by atoms with Gasteiger partial charge in [0.1, 0.15) is 0 Å². The lowest BCUT2D eigenvalue weighted by Crippen LogP contribution is -1.90. The number of rotatable bonds is 2. The average Bonchev–Trinajstić information content (AvgIpc) is 2.65. The third-order valence-corrected chi connectivity index (χ3v) is 2.82. The number of hydrogen-bond donors (Lipinski definition) is 0. The first-order valence-electron chi connectivity index (χ1n) is 5.62. The van der Waals surface area contributed by atoms with Crippen LogP contribution in [0.25, 0.3) is 11.3 Å². The maximum absolute atomic E-state index is 5.32. The molecule has 0 spiro atoms. The van der Waals surface area contributed by atoms with Crippen molar-refractivity contribution >= 4 is 0 Å². The van der Waals surface area contributed by atoms with Crippen LogP contribution in [0.4, 0.5) is 0 Å². The highest BCUT2D eigenvalue weighted by atomic mass is 16.5. The standard InChI is InChI=1S/C14H17NO/c1-9(2)12-6-5-10(3)13(8-12)14-7-11(4)15-16-14/h5-9H,1-4H3. The summed E-state index contributed by atoms with van der Waals surface area (Å²) in [5, 5.41) is 3.93. The van der Waals surface area contributed by atoms with E-state index in [0.717, 1.165) is 17.0 Å². The highest BCUT2D eigenvalue weighted by Gasteiger charge is 2.09. The fraction of sp³-hybridized carbons (Fsp3) is 0.357. The summed E-state index contributed by atoms with van der Waals surface area (Å²) in [6.45, 7) is 8.42. The third-order valence-electron chi connectivity index (χ3n) is 2.82. The molecule has 0 bridgehead atoms. The molecule has 1 aromatic heterocycles. The van der Waals surface area contributed by atoms with E-state index in [9.17, 15) is 0 Å². The Labute approximate surface area is 96.3 Å². The number of aryl methyl sites for hydroxylation is 2. The second-order valence-electron chi connectivity index (χ2n) is 4.56. The minimum atomic E-state index is 0.531. The van der Waals surface area contributed by atoms with Crippen LogP contribution in [0.5, 0.6) is 0 Å². The Morgan fingerprint density at radius 3 is 2.44 bits per heavy atom. The fourth-order valence-electron chi connectivity index (χ4n) is 1.75. The molecule has 0 saturated carbocycles. The Balaban J connectivity index is 2.51. The Bertz CT molecular complexity index is 497. The van der Waals surface area contributed by atoms with Crippen LogP contribution < -0.4 is 0 Å². The van der Waals surface area contributed by atoms with Crippen LogP contribution in [0.1, 0.15) is 36.6 Å². The van der Waals surface area contributed by atoms with Crippen LogP contribution >= 0.6 is 0 Å². The molecule has 0 aliphatic heterocycles. The van der Waals surface area contributed by atoms with E-state index in [4.69, 9.17) is 4.52 Å². The van der Waals surface area contributed by atoms with E-state index >= 15 is 0 Å². The summed E-state index contributed by atoms with van der Waals surface area (Å²) in [4.78, 5) is 0. The highest BCUT2D eigenvalue weighted by molar-refractivity contribution is 5.63. The first-order valence-corrected chi connectivity index (χ1v) is 5.62. The van der Waals surface area contributed by atoms with Gasteiger partial charge in [0, 0.05) is 11.6 Å². The SMILES string of the molecule is Cc1cc(-c2cc(C(C)C)ccc2C)on1. The summed E-state index contributed by atoms with van der Waals surface area (Å²) in [5.41, 5.74) is 4.62. The first-order chi connectivity index (χ1) is 7.58. The van der Waals surface area contributed by atoms with Crippen molar-refractivity contribution in [2.24, 2.45) is 0 Å². The molecule has 0 fully saturated rings. The average molecular weight is 215 g/mol. The molecule has 0 unspecified atom stereocenters. The summed E-state index contributed by atoms with van der Waals surface area (Å²) >= 11 is 0. The number of benzene rings is 1. The second-order valence-corrected chi connectivity index (χ2v) is 4.56. The van der Waals surface area contributed by atoms with Gasteiger partial charge in [-0.3, -0.25) is 0 Å². The van der Waals surface area contributed by atoms with E-state index < -0.39 is 0 Å². The fourth-order valence-corrected chi connectivity index (χ4v) is 1.75. The van der Waals surface area contributed by atoms with Crippen LogP contribution in [0.2, 0.25) is 0 Å². The molecule has 0 aliphatic rings. The summed E-state index contributed by atoms with van der Waals surface area (Å²) < 4.78 is 5.32. The minimum Gasteiger partial charge on any atom is -0.356 e. The number of nitrogens with zero attached hydrogens (tertiary/aromatic N) is 1. The topological polar surface area (TPSA) is 26.0 Å². The van der Waals surface area contributed by atoms with Gasteiger partial charge in [-0.15, -0.1) is 0 Å². The molecule has 0 N–H and O–H groups in total. The Kier molecular flexibility index (Phi) is 2.82. The van der Waals surface area contributed by atoms with Crippen LogP contribution in [0.3, 0.4) is 0 Å². The van der Waals surface area contributed by atoms with Crippen LogP contribution in [0.15, 0.2) is 28.8 Å². The summed E-state index contributed by atoms with van der Waals surface area (Å²) in [7, 11) is 0. The van der Waals surface area contributed by atoms with Crippen molar-refractivity contribution in [2.45, 2.75) is 33.6 Å². The van der Waals surface area contributed by atoms with Crippen molar-refractivity contribution in [3.05, 3.63) is 41.1 Å².